The van der Waals surface area contributed by atoms with E-state index in [2.05, 4.69) is 29.4 Å². The Kier molecular flexibility index (Phi) is 6.79. The summed E-state index contributed by atoms with van der Waals surface area (Å²) in [4.78, 5) is 26.3. The molecule has 1 aromatic carbocycles. The Morgan fingerprint density at radius 1 is 1.12 bits per heavy atom. The van der Waals surface area contributed by atoms with Crippen LogP contribution >= 0.6 is 0 Å². The van der Waals surface area contributed by atoms with Gasteiger partial charge in [0.2, 0.25) is 11.8 Å². The van der Waals surface area contributed by atoms with Gasteiger partial charge in [-0.15, -0.1) is 0 Å². The molecular formula is C19H29N3O2. The Morgan fingerprint density at radius 2 is 1.79 bits per heavy atom. The third-order valence-corrected chi connectivity index (χ3v) is 4.43. The number of anilines is 1. The van der Waals surface area contributed by atoms with E-state index in [1.54, 1.807) is 0 Å². The lowest BCUT2D eigenvalue weighted by Gasteiger charge is -2.34. The molecular weight excluding hydrogens is 302 g/mol. The van der Waals surface area contributed by atoms with Gasteiger partial charge < -0.3 is 10.6 Å². The van der Waals surface area contributed by atoms with Gasteiger partial charge in [0.1, 0.15) is 0 Å². The van der Waals surface area contributed by atoms with Gasteiger partial charge in [0.05, 0.1) is 13.1 Å². The van der Waals surface area contributed by atoms with E-state index in [0.717, 1.165) is 30.8 Å². The summed E-state index contributed by atoms with van der Waals surface area (Å²) < 4.78 is 0. The van der Waals surface area contributed by atoms with Crippen LogP contribution in [-0.4, -0.2) is 42.9 Å². The summed E-state index contributed by atoms with van der Waals surface area (Å²) in [5.41, 5.74) is 1.91. The van der Waals surface area contributed by atoms with Gasteiger partial charge in [-0.1, -0.05) is 39.0 Å². The summed E-state index contributed by atoms with van der Waals surface area (Å²) in [5, 5.41) is 5.59. The molecule has 2 atom stereocenters. The first kappa shape index (κ1) is 18.5. The van der Waals surface area contributed by atoms with E-state index in [-0.39, 0.29) is 18.4 Å². The predicted molar refractivity (Wildman–Crippen MR) is 96.8 cm³/mol. The van der Waals surface area contributed by atoms with Crippen molar-refractivity contribution in [1.82, 2.24) is 10.2 Å². The Balaban J connectivity index is 1.76. The maximum Gasteiger partial charge on any atom is 0.243 e. The van der Waals surface area contributed by atoms with Crippen LogP contribution in [0.4, 0.5) is 5.69 Å². The third kappa shape index (κ3) is 5.64. The van der Waals surface area contributed by atoms with Gasteiger partial charge in [-0.05, 0) is 36.3 Å². The second-order valence-electron chi connectivity index (χ2n) is 6.98. The van der Waals surface area contributed by atoms with Crippen molar-refractivity contribution >= 4 is 17.5 Å². The van der Waals surface area contributed by atoms with Gasteiger partial charge in [0.25, 0.3) is 0 Å². The van der Waals surface area contributed by atoms with Crippen molar-refractivity contribution in [2.45, 2.75) is 33.6 Å². The molecule has 1 aliphatic heterocycles. The molecule has 24 heavy (non-hydrogen) atoms. The molecule has 5 nitrogen and oxygen atoms in total. The number of rotatable bonds is 6. The number of para-hydroxylation sites is 1. The maximum atomic E-state index is 12.1. The second-order valence-corrected chi connectivity index (χ2v) is 6.98. The minimum atomic E-state index is -0.190. The van der Waals surface area contributed by atoms with E-state index >= 15 is 0 Å². The molecule has 1 saturated heterocycles. The number of carbonyl (C=O) groups excluding carboxylic acids is 2. The number of nitrogens with zero attached hydrogens (tertiary/aromatic N) is 1. The summed E-state index contributed by atoms with van der Waals surface area (Å²) >= 11 is 0. The van der Waals surface area contributed by atoms with E-state index < -0.39 is 0 Å². The molecule has 5 heteroatoms. The SMILES string of the molecule is CCc1ccccc1NC(=O)CNC(=O)CN1C[C@H](C)C[C@@H](C)C1. The third-order valence-electron chi connectivity index (χ3n) is 4.43. The lowest BCUT2D eigenvalue weighted by atomic mass is 9.92. The standard InChI is InChI=1S/C19H29N3O2/c1-4-16-7-5-6-8-17(16)21-18(23)10-20-19(24)13-22-11-14(2)9-15(3)12-22/h5-8,14-15H,4,9-13H2,1-3H3,(H,20,24)(H,21,23)/t14-,15-/m1/s1. The molecule has 0 spiro atoms. The molecule has 0 aromatic heterocycles. The average Bonchev–Trinajstić information content (AvgIpc) is 2.52. The Bertz CT molecular complexity index is 563. The minimum absolute atomic E-state index is 0.00975. The van der Waals surface area contributed by atoms with Crippen LogP contribution < -0.4 is 10.6 Å². The zero-order valence-electron chi connectivity index (χ0n) is 15.0. The first-order chi connectivity index (χ1) is 11.5. The van der Waals surface area contributed by atoms with Gasteiger partial charge in [0, 0.05) is 18.8 Å². The first-order valence-corrected chi connectivity index (χ1v) is 8.84. The zero-order valence-corrected chi connectivity index (χ0v) is 15.0. The number of carbonyl (C=O) groups is 2. The molecule has 1 fully saturated rings. The lowest BCUT2D eigenvalue weighted by Crippen LogP contribution is -2.45. The molecule has 1 aliphatic rings. The number of nitrogens with one attached hydrogen (secondary N) is 2. The van der Waals surface area contributed by atoms with Crippen LogP contribution in [0, 0.1) is 11.8 Å². The van der Waals surface area contributed by atoms with Crippen LogP contribution in [0.25, 0.3) is 0 Å². The van der Waals surface area contributed by atoms with Gasteiger partial charge in [-0.2, -0.15) is 0 Å². The largest absolute Gasteiger partial charge is 0.346 e. The molecule has 0 aliphatic carbocycles. The smallest absolute Gasteiger partial charge is 0.243 e. The second kappa shape index (κ2) is 8.83. The minimum Gasteiger partial charge on any atom is -0.346 e. The van der Waals surface area contributed by atoms with Gasteiger partial charge >= 0.3 is 0 Å². The van der Waals surface area contributed by atoms with Crippen molar-refractivity contribution in [3.05, 3.63) is 29.8 Å². The first-order valence-electron chi connectivity index (χ1n) is 8.84. The molecule has 0 bridgehead atoms. The lowest BCUT2D eigenvalue weighted by molar-refractivity contribution is -0.125. The van der Waals surface area contributed by atoms with E-state index in [1.807, 2.05) is 31.2 Å². The molecule has 0 unspecified atom stereocenters. The van der Waals surface area contributed by atoms with E-state index in [0.29, 0.717) is 18.4 Å². The number of benzene rings is 1. The summed E-state index contributed by atoms with van der Waals surface area (Å²) in [6.07, 6.45) is 2.07. The van der Waals surface area contributed by atoms with Gasteiger partial charge in [0.15, 0.2) is 0 Å². The summed E-state index contributed by atoms with van der Waals surface area (Å²) in [6.45, 7) is 8.77. The summed E-state index contributed by atoms with van der Waals surface area (Å²) in [6, 6.07) is 7.73. The van der Waals surface area contributed by atoms with E-state index in [9.17, 15) is 9.59 Å². The maximum absolute atomic E-state index is 12.1. The summed E-state index contributed by atoms with van der Waals surface area (Å²) in [7, 11) is 0. The molecule has 2 rings (SSSR count). The van der Waals surface area contributed by atoms with E-state index in [4.69, 9.17) is 0 Å². The Labute approximate surface area is 144 Å². The molecule has 132 valence electrons. The van der Waals surface area contributed by atoms with E-state index in [1.165, 1.54) is 6.42 Å². The highest BCUT2D eigenvalue weighted by molar-refractivity contribution is 5.95. The predicted octanol–water partition coefficient (Wildman–Crippen LogP) is 2.28. The normalized spacial score (nSPS) is 21.3. The van der Waals surface area contributed by atoms with Crippen molar-refractivity contribution in [2.75, 3.05) is 31.5 Å². The molecule has 2 amide bonds. The van der Waals surface area contributed by atoms with Crippen molar-refractivity contribution in [1.29, 1.82) is 0 Å². The number of aryl methyl sites for hydroxylation is 1. The Hall–Kier alpha value is -1.88. The van der Waals surface area contributed by atoms with Gasteiger partial charge in [-0.3, -0.25) is 14.5 Å². The fourth-order valence-corrected chi connectivity index (χ4v) is 3.50. The number of likely N-dealkylation sites (tertiary alicyclic amines) is 1. The monoisotopic (exact) mass is 331 g/mol. The molecule has 0 radical (unpaired) electrons. The topological polar surface area (TPSA) is 61.4 Å². The number of hydrogen-bond donors (Lipinski definition) is 2. The average molecular weight is 331 g/mol. The van der Waals surface area contributed by atoms with Crippen molar-refractivity contribution in [2.24, 2.45) is 11.8 Å². The number of hydrogen-bond acceptors (Lipinski definition) is 3. The molecule has 1 aromatic rings. The van der Waals surface area contributed by atoms with Crippen LogP contribution in [0.3, 0.4) is 0 Å². The Morgan fingerprint density at radius 3 is 2.46 bits per heavy atom. The van der Waals surface area contributed by atoms with Crippen LogP contribution in [0.1, 0.15) is 32.8 Å². The highest BCUT2D eigenvalue weighted by atomic mass is 16.2. The van der Waals surface area contributed by atoms with Crippen molar-refractivity contribution < 1.29 is 9.59 Å². The molecule has 1 heterocycles. The fraction of sp³-hybridized carbons (Fsp3) is 0.579. The highest BCUT2D eigenvalue weighted by Crippen LogP contribution is 2.20. The quantitative estimate of drug-likeness (QED) is 0.841. The summed E-state index contributed by atoms with van der Waals surface area (Å²) in [5.74, 6) is 0.964. The van der Waals surface area contributed by atoms with Crippen LogP contribution in [0.5, 0.6) is 0 Å². The van der Waals surface area contributed by atoms with Crippen molar-refractivity contribution in [3.63, 3.8) is 0 Å². The molecule has 2 N–H and O–H groups in total. The zero-order chi connectivity index (χ0) is 17.5. The van der Waals surface area contributed by atoms with Crippen molar-refractivity contribution in [3.8, 4) is 0 Å². The van der Waals surface area contributed by atoms with Crippen LogP contribution in [-0.2, 0) is 16.0 Å². The van der Waals surface area contributed by atoms with Crippen LogP contribution in [0.2, 0.25) is 0 Å². The number of piperidine rings is 1. The van der Waals surface area contributed by atoms with Crippen LogP contribution in [0.15, 0.2) is 24.3 Å². The molecule has 0 saturated carbocycles. The number of amides is 2. The fourth-order valence-electron chi connectivity index (χ4n) is 3.50. The van der Waals surface area contributed by atoms with Gasteiger partial charge in [-0.25, -0.2) is 0 Å². The highest BCUT2D eigenvalue weighted by Gasteiger charge is 2.23.